The second kappa shape index (κ2) is 6.56. The summed E-state index contributed by atoms with van der Waals surface area (Å²) >= 11 is 0. The summed E-state index contributed by atoms with van der Waals surface area (Å²) < 4.78 is 39.5. The van der Waals surface area contributed by atoms with Gasteiger partial charge in [0, 0.05) is 18.6 Å². The lowest BCUT2D eigenvalue weighted by molar-refractivity contribution is -0.325. The van der Waals surface area contributed by atoms with E-state index in [2.05, 4.69) is 21.9 Å². The Morgan fingerprint density at radius 2 is 2.12 bits per heavy atom. The van der Waals surface area contributed by atoms with Gasteiger partial charge in [0.1, 0.15) is 0 Å². The standard InChI is InChI=1S/C11H21F3N2O/c1-9(15-2)10-5-3-4-6-16(10)7-8-17-11(12,13)14/h9-10,15H,3-8H2,1-2H3. The third kappa shape index (κ3) is 5.23. The first-order valence-electron chi connectivity index (χ1n) is 6.06. The molecule has 0 bridgehead atoms. The first-order chi connectivity index (χ1) is 7.94. The Balaban J connectivity index is 2.38. The van der Waals surface area contributed by atoms with Crippen molar-refractivity contribution in [3.05, 3.63) is 0 Å². The number of piperidine rings is 1. The Kier molecular flexibility index (Phi) is 5.69. The van der Waals surface area contributed by atoms with Crippen molar-refractivity contribution < 1.29 is 17.9 Å². The van der Waals surface area contributed by atoms with Gasteiger partial charge in [-0.25, -0.2) is 0 Å². The summed E-state index contributed by atoms with van der Waals surface area (Å²) in [5, 5.41) is 3.17. The molecular weight excluding hydrogens is 233 g/mol. The molecule has 1 N–H and O–H groups in total. The lowest BCUT2D eigenvalue weighted by atomic mass is 9.96. The molecule has 0 aromatic carbocycles. The van der Waals surface area contributed by atoms with E-state index < -0.39 is 6.36 Å². The number of alkyl halides is 3. The fraction of sp³-hybridized carbons (Fsp3) is 1.00. The van der Waals surface area contributed by atoms with Gasteiger partial charge >= 0.3 is 6.36 Å². The smallest absolute Gasteiger partial charge is 0.316 e. The first kappa shape index (κ1) is 14.7. The molecule has 1 heterocycles. The van der Waals surface area contributed by atoms with Gasteiger partial charge in [-0.2, -0.15) is 0 Å². The summed E-state index contributed by atoms with van der Waals surface area (Å²) in [7, 11) is 1.88. The van der Waals surface area contributed by atoms with Crippen molar-refractivity contribution in [2.75, 3.05) is 26.7 Å². The van der Waals surface area contributed by atoms with Crippen molar-refractivity contribution >= 4 is 0 Å². The topological polar surface area (TPSA) is 24.5 Å². The third-order valence-electron chi connectivity index (χ3n) is 3.34. The molecule has 0 aromatic rings. The number of hydrogen-bond acceptors (Lipinski definition) is 3. The van der Waals surface area contributed by atoms with Crippen LogP contribution in [0, 0.1) is 0 Å². The predicted octanol–water partition coefficient (Wildman–Crippen LogP) is 1.99. The molecule has 2 unspecified atom stereocenters. The highest BCUT2D eigenvalue weighted by atomic mass is 19.4. The van der Waals surface area contributed by atoms with E-state index in [4.69, 9.17) is 0 Å². The molecule has 2 atom stereocenters. The molecule has 1 saturated heterocycles. The largest absolute Gasteiger partial charge is 0.522 e. The van der Waals surface area contributed by atoms with Crippen LogP contribution in [-0.4, -0.2) is 50.1 Å². The number of rotatable bonds is 5. The minimum atomic E-state index is -4.51. The lowest BCUT2D eigenvalue weighted by Gasteiger charge is -2.39. The van der Waals surface area contributed by atoms with Crippen LogP contribution in [0.3, 0.4) is 0 Å². The van der Waals surface area contributed by atoms with E-state index in [0.717, 1.165) is 25.8 Å². The average Bonchev–Trinajstić information content (AvgIpc) is 2.27. The maximum atomic E-state index is 11.9. The summed E-state index contributed by atoms with van der Waals surface area (Å²) in [5.74, 6) is 0. The second-order valence-electron chi connectivity index (χ2n) is 4.47. The molecule has 1 aliphatic heterocycles. The van der Waals surface area contributed by atoms with Crippen molar-refractivity contribution in [2.45, 2.75) is 44.6 Å². The Bertz CT molecular complexity index is 223. The molecule has 0 aromatic heterocycles. The highest BCUT2D eigenvalue weighted by Gasteiger charge is 2.31. The van der Waals surface area contributed by atoms with Gasteiger partial charge in [0.2, 0.25) is 0 Å². The number of halogens is 3. The minimum absolute atomic E-state index is 0.281. The molecule has 102 valence electrons. The predicted molar refractivity (Wildman–Crippen MR) is 59.7 cm³/mol. The van der Waals surface area contributed by atoms with Crippen molar-refractivity contribution in [2.24, 2.45) is 0 Å². The Morgan fingerprint density at radius 3 is 2.71 bits per heavy atom. The molecule has 3 nitrogen and oxygen atoms in total. The van der Waals surface area contributed by atoms with Gasteiger partial charge in [-0.3, -0.25) is 9.64 Å². The maximum absolute atomic E-state index is 11.9. The normalized spacial score (nSPS) is 24.9. The van der Waals surface area contributed by atoms with Gasteiger partial charge < -0.3 is 5.32 Å². The highest BCUT2D eigenvalue weighted by Crippen LogP contribution is 2.20. The van der Waals surface area contributed by atoms with E-state index in [1.165, 1.54) is 0 Å². The SMILES string of the molecule is CNC(C)C1CCCCN1CCOC(F)(F)F. The summed E-state index contributed by atoms with van der Waals surface area (Å²) in [6.45, 7) is 2.98. The molecular formula is C11H21F3N2O. The monoisotopic (exact) mass is 254 g/mol. The zero-order valence-electron chi connectivity index (χ0n) is 10.4. The molecule has 6 heteroatoms. The van der Waals surface area contributed by atoms with Gasteiger partial charge in [-0.1, -0.05) is 6.42 Å². The van der Waals surface area contributed by atoms with Crippen LogP contribution in [0.15, 0.2) is 0 Å². The number of likely N-dealkylation sites (N-methyl/N-ethyl adjacent to an activating group) is 1. The molecule has 0 amide bonds. The van der Waals surface area contributed by atoms with Crippen LogP contribution < -0.4 is 5.32 Å². The number of nitrogens with zero attached hydrogens (tertiary/aromatic N) is 1. The Morgan fingerprint density at radius 1 is 1.41 bits per heavy atom. The van der Waals surface area contributed by atoms with Crippen molar-refractivity contribution in [3.8, 4) is 0 Å². The minimum Gasteiger partial charge on any atom is -0.316 e. The molecule has 17 heavy (non-hydrogen) atoms. The summed E-state index contributed by atoms with van der Waals surface area (Å²) in [5.41, 5.74) is 0. The van der Waals surface area contributed by atoms with E-state index >= 15 is 0 Å². The summed E-state index contributed by atoms with van der Waals surface area (Å²) in [6, 6.07) is 0.603. The van der Waals surface area contributed by atoms with Crippen LogP contribution in [0.2, 0.25) is 0 Å². The number of hydrogen-bond donors (Lipinski definition) is 1. The van der Waals surface area contributed by atoms with Crippen molar-refractivity contribution in [1.29, 1.82) is 0 Å². The molecule has 0 radical (unpaired) electrons. The first-order valence-corrected chi connectivity index (χ1v) is 6.06. The molecule has 1 fully saturated rings. The van der Waals surface area contributed by atoms with Crippen LogP contribution in [0.1, 0.15) is 26.2 Å². The molecule has 1 aliphatic rings. The number of nitrogens with one attached hydrogen (secondary N) is 1. The highest BCUT2D eigenvalue weighted by molar-refractivity contribution is 4.84. The zero-order valence-corrected chi connectivity index (χ0v) is 10.4. The summed E-state index contributed by atoms with van der Waals surface area (Å²) in [6.07, 6.45) is -1.28. The maximum Gasteiger partial charge on any atom is 0.522 e. The van der Waals surface area contributed by atoms with E-state index in [9.17, 15) is 13.2 Å². The van der Waals surface area contributed by atoms with Gasteiger partial charge in [0.05, 0.1) is 6.61 Å². The van der Waals surface area contributed by atoms with E-state index in [0.29, 0.717) is 18.6 Å². The van der Waals surface area contributed by atoms with Gasteiger partial charge in [0.25, 0.3) is 0 Å². The Labute approximate surface area is 100 Å². The zero-order chi connectivity index (χ0) is 12.9. The van der Waals surface area contributed by atoms with Crippen LogP contribution in [0.25, 0.3) is 0 Å². The van der Waals surface area contributed by atoms with Crippen molar-refractivity contribution in [3.63, 3.8) is 0 Å². The van der Waals surface area contributed by atoms with Crippen LogP contribution >= 0.6 is 0 Å². The number of likely N-dealkylation sites (tertiary alicyclic amines) is 1. The van der Waals surface area contributed by atoms with E-state index in [1.54, 1.807) is 0 Å². The molecule has 0 aliphatic carbocycles. The molecule has 0 saturated carbocycles. The number of ether oxygens (including phenoxy) is 1. The lowest BCUT2D eigenvalue weighted by Crippen LogP contribution is -2.51. The second-order valence-corrected chi connectivity index (χ2v) is 4.47. The van der Waals surface area contributed by atoms with Gasteiger partial charge in [-0.15, -0.1) is 13.2 Å². The van der Waals surface area contributed by atoms with Gasteiger partial charge in [0.15, 0.2) is 0 Å². The quantitative estimate of drug-likeness (QED) is 0.812. The Hall–Kier alpha value is -0.330. The van der Waals surface area contributed by atoms with Crippen LogP contribution in [0.4, 0.5) is 13.2 Å². The van der Waals surface area contributed by atoms with E-state index in [-0.39, 0.29) is 6.61 Å². The van der Waals surface area contributed by atoms with Crippen LogP contribution in [0.5, 0.6) is 0 Å². The fourth-order valence-corrected chi connectivity index (χ4v) is 2.33. The average molecular weight is 254 g/mol. The van der Waals surface area contributed by atoms with Crippen LogP contribution in [-0.2, 0) is 4.74 Å². The fourth-order valence-electron chi connectivity index (χ4n) is 2.33. The van der Waals surface area contributed by atoms with E-state index in [1.807, 2.05) is 7.05 Å². The molecule has 0 spiro atoms. The molecule has 1 rings (SSSR count). The third-order valence-corrected chi connectivity index (χ3v) is 3.34. The van der Waals surface area contributed by atoms with Gasteiger partial charge in [-0.05, 0) is 33.4 Å². The van der Waals surface area contributed by atoms with Crippen molar-refractivity contribution in [1.82, 2.24) is 10.2 Å². The summed E-state index contributed by atoms with van der Waals surface area (Å²) in [4.78, 5) is 2.09.